The zero-order chi connectivity index (χ0) is 12.5. The molecule has 1 aliphatic heterocycles. The first-order chi connectivity index (χ1) is 8.79. The number of rotatable bonds is 2. The van der Waals surface area contributed by atoms with Crippen molar-refractivity contribution < 1.29 is 4.79 Å². The van der Waals surface area contributed by atoms with E-state index in [0.29, 0.717) is 22.9 Å². The van der Waals surface area contributed by atoms with Crippen LogP contribution < -0.4 is 11.1 Å². The number of aldehydes is 1. The molecule has 1 unspecified atom stereocenters. The number of carbonyl (C=O) groups is 1. The molecule has 0 aromatic carbocycles. The van der Waals surface area contributed by atoms with Gasteiger partial charge >= 0.3 is 0 Å². The van der Waals surface area contributed by atoms with Crippen molar-refractivity contribution in [3.8, 4) is 0 Å². The molecule has 1 fully saturated rings. The van der Waals surface area contributed by atoms with E-state index < -0.39 is 0 Å². The van der Waals surface area contributed by atoms with Crippen molar-refractivity contribution in [3.63, 3.8) is 0 Å². The van der Waals surface area contributed by atoms with E-state index in [1.54, 1.807) is 0 Å². The van der Waals surface area contributed by atoms with Crippen LogP contribution in [-0.4, -0.2) is 34.0 Å². The Morgan fingerprint density at radius 1 is 1.56 bits per heavy atom. The minimum atomic E-state index is 0.362. The highest BCUT2D eigenvalue weighted by Gasteiger charge is 2.19. The van der Waals surface area contributed by atoms with Gasteiger partial charge in [-0.1, -0.05) is 0 Å². The molecule has 94 valence electrons. The first-order valence-electron chi connectivity index (χ1n) is 6.09. The Morgan fingerprint density at radius 3 is 3.17 bits per heavy atom. The Morgan fingerprint density at radius 2 is 2.44 bits per heavy atom. The molecule has 0 saturated carbocycles. The second-order valence-corrected chi connectivity index (χ2v) is 4.60. The van der Waals surface area contributed by atoms with Crippen LogP contribution in [0.15, 0.2) is 12.3 Å². The minimum absolute atomic E-state index is 0.362. The van der Waals surface area contributed by atoms with Crippen LogP contribution in [0, 0.1) is 0 Å². The molecule has 0 spiro atoms. The topological polar surface area (TPSA) is 85.3 Å². The Bertz CT molecular complexity index is 585. The molecule has 1 saturated heterocycles. The molecule has 3 rings (SSSR count). The van der Waals surface area contributed by atoms with Gasteiger partial charge in [0.25, 0.3) is 0 Å². The number of hydrogen-bond donors (Lipinski definition) is 2. The van der Waals surface area contributed by atoms with Crippen LogP contribution in [0.5, 0.6) is 0 Å². The van der Waals surface area contributed by atoms with Crippen LogP contribution in [0.1, 0.15) is 34.8 Å². The SMILES string of the molecule is Nc1cc(C2CCCNC2)nc2c(C=O)cnn12. The maximum absolute atomic E-state index is 10.9. The van der Waals surface area contributed by atoms with E-state index >= 15 is 0 Å². The summed E-state index contributed by atoms with van der Waals surface area (Å²) in [6.07, 6.45) is 4.49. The number of nitrogen functional groups attached to an aromatic ring is 1. The molecule has 1 atom stereocenters. The lowest BCUT2D eigenvalue weighted by Gasteiger charge is -2.22. The Labute approximate surface area is 104 Å². The van der Waals surface area contributed by atoms with E-state index in [9.17, 15) is 4.79 Å². The third kappa shape index (κ3) is 1.74. The van der Waals surface area contributed by atoms with E-state index in [1.807, 2.05) is 6.07 Å². The highest BCUT2D eigenvalue weighted by atomic mass is 16.1. The lowest BCUT2D eigenvalue weighted by Crippen LogP contribution is -2.29. The molecular weight excluding hydrogens is 230 g/mol. The fourth-order valence-electron chi connectivity index (χ4n) is 2.42. The molecule has 3 N–H and O–H groups in total. The second kappa shape index (κ2) is 4.38. The third-order valence-electron chi connectivity index (χ3n) is 3.39. The van der Waals surface area contributed by atoms with Crippen molar-refractivity contribution in [2.24, 2.45) is 0 Å². The predicted molar refractivity (Wildman–Crippen MR) is 67.6 cm³/mol. The maximum atomic E-state index is 10.9. The van der Waals surface area contributed by atoms with Gasteiger partial charge in [0.1, 0.15) is 5.82 Å². The van der Waals surface area contributed by atoms with Crippen LogP contribution in [0.3, 0.4) is 0 Å². The van der Waals surface area contributed by atoms with Gasteiger partial charge in [-0.15, -0.1) is 0 Å². The highest BCUT2D eigenvalue weighted by molar-refractivity contribution is 5.84. The zero-order valence-electron chi connectivity index (χ0n) is 9.97. The van der Waals surface area contributed by atoms with Crippen molar-refractivity contribution in [2.45, 2.75) is 18.8 Å². The number of aromatic nitrogens is 3. The summed E-state index contributed by atoms with van der Waals surface area (Å²) in [5.74, 6) is 0.883. The average molecular weight is 245 g/mol. The van der Waals surface area contributed by atoms with Crippen molar-refractivity contribution in [3.05, 3.63) is 23.5 Å². The molecular formula is C12H15N5O. The standard InChI is InChI=1S/C12H15N5O/c13-11-4-10(8-2-1-3-14-5-8)16-12-9(7-18)6-15-17(11)12/h4,6-8,14H,1-3,5,13H2. The molecule has 6 heteroatoms. The first-order valence-corrected chi connectivity index (χ1v) is 6.09. The average Bonchev–Trinajstić information content (AvgIpc) is 2.83. The summed E-state index contributed by atoms with van der Waals surface area (Å²) in [7, 11) is 0. The zero-order valence-corrected chi connectivity index (χ0v) is 9.97. The van der Waals surface area contributed by atoms with Gasteiger partial charge in [-0.3, -0.25) is 4.79 Å². The van der Waals surface area contributed by atoms with Gasteiger partial charge in [-0.05, 0) is 19.4 Å². The van der Waals surface area contributed by atoms with Gasteiger partial charge in [0.2, 0.25) is 0 Å². The second-order valence-electron chi connectivity index (χ2n) is 4.60. The lowest BCUT2D eigenvalue weighted by molar-refractivity contribution is 0.112. The van der Waals surface area contributed by atoms with Crippen LogP contribution in [-0.2, 0) is 0 Å². The van der Waals surface area contributed by atoms with Crippen LogP contribution in [0.2, 0.25) is 0 Å². The highest BCUT2D eigenvalue weighted by Crippen LogP contribution is 2.24. The Kier molecular flexibility index (Phi) is 2.71. The van der Waals surface area contributed by atoms with E-state index in [0.717, 1.165) is 37.9 Å². The lowest BCUT2D eigenvalue weighted by atomic mass is 9.96. The monoisotopic (exact) mass is 245 g/mol. The number of nitrogens with zero attached hydrogens (tertiary/aromatic N) is 3. The molecule has 18 heavy (non-hydrogen) atoms. The molecule has 0 bridgehead atoms. The van der Waals surface area contributed by atoms with E-state index in [4.69, 9.17) is 5.73 Å². The van der Waals surface area contributed by atoms with E-state index in [2.05, 4.69) is 15.4 Å². The van der Waals surface area contributed by atoms with Gasteiger partial charge in [-0.2, -0.15) is 9.61 Å². The van der Waals surface area contributed by atoms with Crippen LogP contribution >= 0.6 is 0 Å². The molecule has 0 aliphatic carbocycles. The van der Waals surface area contributed by atoms with Crippen molar-refractivity contribution in [2.75, 3.05) is 18.8 Å². The number of piperidine rings is 1. The van der Waals surface area contributed by atoms with Gasteiger partial charge in [-0.25, -0.2) is 4.98 Å². The summed E-state index contributed by atoms with van der Waals surface area (Å²) in [6, 6.07) is 1.85. The fraction of sp³-hybridized carbons (Fsp3) is 0.417. The van der Waals surface area contributed by atoms with Crippen molar-refractivity contribution >= 4 is 17.8 Å². The molecule has 0 radical (unpaired) electrons. The Hall–Kier alpha value is -1.95. The Balaban J connectivity index is 2.09. The number of anilines is 1. The maximum Gasteiger partial charge on any atom is 0.168 e. The molecule has 2 aromatic rings. The number of hydrogen-bond acceptors (Lipinski definition) is 5. The molecule has 1 aliphatic rings. The van der Waals surface area contributed by atoms with Gasteiger partial charge in [0, 0.05) is 18.5 Å². The van der Waals surface area contributed by atoms with Gasteiger partial charge in [0.15, 0.2) is 11.9 Å². The third-order valence-corrected chi connectivity index (χ3v) is 3.39. The number of carbonyl (C=O) groups excluding carboxylic acids is 1. The normalized spacial score (nSPS) is 20.1. The summed E-state index contributed by atoms with van der Waals surface area (Å²) in [6.45, 7) is 1.97. The van der Waals surface area contributed by atoms with Crippen LogP contribution in [0.4, 0.5) is 5.82 Å². The number of nitrogens with one attached hydrogen (secondary N) is 1. The minimum Gasteiger partial charge on any atom is -0.384 e. The molecule has 6 nitrogen and oxygen atoms in total. The van der Waals surface area contributed by atoms with Crippen LogP contribution in [0.25, 0.3) is 5.65 Å². The summed E-state index contributed by atoms with van der Waals surface area (Å²) in [4.78, 5) is 15.5. The number of nitrogens with two attached hydrogens (primary N) is 1. The molecule has 0 amide bonds. The van der Waals surface area contributed by atoms with Crippen molar-refractivity contribution in [1.82, 2.24) is 19.9 Å². The first kappa shape index (κ1) is 11.2. The van der Waals surface area contributed by atoms with Crippen molar-refractivity contribution in [1.29, 1.82) is 0 Å². The quantitative estimate of drug-likeness (QED) is 0.756. The predicted octanol–water partition coefficient (Wildman–Crippen LogP) is 0.591. The number of fused-ring (bicyclic) bond motifs is 1. The fourth-order valence-corrected chi connectivity index (χ4v) is 2.42. The summed E-state index contributed by atoms with van der Waals surface area (Å²) in [5, 5.41) is 7.41. The van der Waals surface area contributed by atoms with E-state index in [-0.39, 0.29) is 0 Å². The molecule has 2 aromatic heterocycles. The van der Waals surface area contributed by atoms with Gasteiger partial charge in [0.05, 0.1) is 17.5 Å². The van der Waals surface area contributed by atoms with E-state index in [1.165, 1.54) is 10.7 Å². The molecule has 3 heterocycles. The largest absolute Gasteiger partial charge is 0.384 e. The summed E-state index contributed by atoms with van der Waals surface area (Å²) in [5.41, 5.74) is 7.92. The van der Waals surface area contributed by atoms with Gasteiger partial charge < -0.3 is 11.1 Å². The smallest absolute Gasteiger partial charge is 0.168 e. The summed E-state index contributed by atoms with van der Waals surface area (Å²) >= 11 is 0. The summed E-state index contributed by atoms with van der Waals surface area (Å²) < 4.78 is 1.50.